The van der Waals surface area contributed by atoms with Gasteiger partial charge in [-0.25, -0.2) is 0 Å². The minimum atomic E-state index is -0.377. The highest BCUT2D eigenvalue weighted by molar-refractivity contribution is 5.85. The van der Waals surface area contributed by atoms with Crippen LogP contribution in [0.15, 0.2) is 0 Å². The van der Waals surface area contributed by atoms with Gasteiger partial charge in [0, 0.05) is 19.2 Å². The summed E-state index contributed by atoms with van der Waals surface area (Å²) in [5.74, 6) is 0.513. The number of rotatable bonds is 6. The average Bonchev–Trinajstić information content (AvgIpc) is 2.37. The average molecular weight is 279 g/mol. The molecule has 2 atom stereocenters. The molecule has 1 aliphatic rings. The first-order chi connectivity index (χ1) is 8.19. The Morgan fingerprint density at radius 2 is 2.00 bits per heavy atom. The van der Waals surface area contributed by atoms with Gasteiger partial charge in [-0.15, -0.1) is 12.4 Å². The quantitative estimate of drug-likeness (QED) is 0.779. The summed E-state index contributed by atoms with van der Waals surface area (Å²) < 4.78 is 5.28. The van der Waals surface area contributed by atoms with Gasteiger partial charge in [-0.3, -0.25) is 4.79 Å². The second-order valence-electron chi connectivity index (χ2n) is 4.85. The molecule has 0 aliphatic heterocycles. The van der Waals surface area contributed by atoms with Crippen LogP contribution in [0, 0.1) is 5.92 Å². The first-order valence-electron chi connectivity index (χ1n) is 6.81. The van der Waals surface area contributed by atoms with Crippen molar-refractivity contribution in [3.63, 3.8) is 0 Å². The number of hydrogen-bond donors (Lipinski definition) is 2. The molecule has 1 saturated carbocycles. The fourth-order valence-electron chi connectivity index (χ4n) is 2.53. The van der Waals surface area contributed by atoms with Gasteiger partial charge in [-0.05, 0) is 32.6 Å². The zero-order valence-electron chi connectivity index (χ0n) is 11.5. The van der Waals surface area contributed by atoms with Crippen molar-refractivity contribution in [2.45, 2.75) is 58.1 Å². The van der Waals surface area contributed by atoms with E-state index in [2.05, 4.69) is 5.32 Å². The van der Waals surface area contributed by atoms with E-state index in [1.54, 1.807) is 6.92 Å². The molecular formula is C13H27ClN2O2. The Bertz CT molecular complexity index is 233. The van der Waals surface area contributed by atoms with E-state index in [-0.39, 0.29) is 30.5 Å². The minimum Gasteiger partial charge on any atom is -0.369 e. The number of nitrogens with one attached hydrogen (secondary N) is 1. The molecule has 1 rings (SSSR count). The molecule has 3 N–H and O–H groups in total. The molecule has 0 aromatic rings. The molecule has 18 heavy (non-hydrogen) atoms. The lowest BCUT2D eigenvalue weighted by Crippen LogP contribution is -2.49. The second kappa shape index (κ2) is 9.59. The van der Waals surface area contributed by atoms with Crippen LogP contribution in [0.5, 0.6) is 0 Å². The van der Waals surface area contributed by atoms with Crippen LogP contribution >= 0.6 is 12.4 Å². The number of amides is 1. The lowest BCUT2D eigenvalue weighted by atomic mass is 9.84. The van der Waals surface area contributed by atoms with Crippen LogP contribution in [0.1, 0.15) is 46.0 Å². The standard InChI is InChI=1S/C13H26N2O2.ClH/c1-3-17-10(2)13(16)15-12(9-14)11-7-5-4-6-8-11;/h10-12H,3-9,14H2,1-2H3,(H,15,16);1H. The molecule has 0 aromatic carbocycles. The number of halogens is 1. The van der Waals surface area contributed by atoms with Crippen LogP contribution in [0.3, 0.4) is 0 Å². The molecule has 0 heterocycles. The summed E-state index contributed by atoms with van der Waals surface area (Å²) in [6.07, 6.45) is 5.83. The van der Waals surface area contributed by atoms with E-state index >= 15 is 0 Å². The second-order valence-corrected chi connectivity index (χ2v) is 4.85. The number of carbonyl (C=O) groups excluding carboxylic acids is 1. The Balaban J connectivity index is 0.00000289. The molecule has 0 aromatic heterocycles. The summed E-state index contributed by atoms with van der Waals surface area (Å²) in [6.45, 7) is 4.76. The monoisotopic (exact) mass is 278 g/mol. The Labute approximate surface area is 116 Å². The van der Waals surface area contributed by atoms with Crippen LogP contribution in [-0.4, -0.2) is 31.2 Å². The Morgan fingerprint density at radius 3 is 2.50 bits per heavy atom. The summed E-state index contributed by atoms with van der Waals surface area (Å²) in [6, 6.07) is 0.116. The van der Waals surface area contributed by atoms with Crippen molar-refractivity contribution >= 4 is 18.3 Å². The van der Waals surface area contributed by atoms with Gasteiger partial charge in [0.1, 0.15) is 6.10 Å². The molecular weight excluding hydrogens is 252 g/mol. The van der Waals surface area contributed by atoms with Crippen LogP contribution in [-0.2, 0) is 9.53 Å². The van der Waals surface area contributed by atoms with Crippen LogP contribution < -0.4 is 11.1 Å². The molecule has 4 nitrogen and oxygen atoms in total. The van der Waals surface area contributed by atoms with Crippen molar-refractivity contribution < 1.29 is 9.53 Å². The van der Waals surface area contributed by atoms with Gasteiger partial charge in [-0.2, -0.15) is 0 Å². The highest BCUT2D eigenvalue weighted by Gasteiger charge is 2.25. The van der Waals surface area contributed by atoms with Gasteiger partial charge in [0.25, 0.3) is 0 Å². The third kappa shape index (κ3) is 5.55. The molecule has 0 bridgehead atoms. The fourth-order valence-corrected chi connectivity index (χ4v) is 2.53. The van der Waals surface area contributed by atoms with E-state index < -0.39 is 0 Å². The van der Waals surface area contributed by atoms with Crippen molar-refractivity contribution in [2.75, 3.05) is 13.2 Å². The first kappa shape index (κ1) is 17.7. The number of hydrogen-bond acceptors (Lipinski definition) is 3. The van der Waals surface area contributed by atoms with E-state index in [0.29, 0.717) is 19.1 Å². The number of ether oxygens (including phenoxy) is 1. The SMILES string of the molecule is CCOC(C)C(=O)NC(CN)C1CCCCC1.Cl. The fraction of sp³-hybridized carbons (Fsp3) is 0.923. The van der Waals surface area contributed by atoms with Gasteiger partial charge in [-0.1, -0.05) is 19.3 Å². The molecule has 0 saturated heterocycles. The smallest absolute Gasteiger partial charge is 0.249 e. The Hall–Kier alpha value is -0.320. The lowest BCUT2D eigenvalue weighted by molar-refractivity contribution is -0.132. The van der Waals surface area contributed by atoms with E-state index in [1.807, 2.05) is 6.92 Å². The first-order valence-corrected chi connectivity index (χ1v) is 6.81. The minimum absolute atomic E-state index is 0. The molecule has 2 unspecified atom stereocenters. The third-order valence-corrected chi connectivity index (χ3v) is 3.59. The number of nitrogens with two attached hydrogens (primary N) is 1. The Kier molecular flexibility index (Phi) is 9.42. The van der Waals surface area contributed by atoms with Crippen molar-refractivity contribution in [3.05, 3.63) is 0 Å². The van der Waals surface area contributed by atoms with Gasteiger partial charge < -0.3 is 15.8 Å². The van der Waals surface area contributed by atoms with Gasteiger partial charge in [0.15, 0.2) is 0 Å². The molecule has 0 spiro atoms. The molecule has 5 heteroatoms. The van der Waals surface area contributed by atoms with Gasteiger partial charge in [0.2, 0.25) is 5.91 Å². The Morgan fingerprint density at radius 1 is 1.39 bits per heavy atom. The van der Waals surface area contributed by atoms with Crippen LogP contribution in [0.25, 0.3) is 0 Å². The molecule has 1 aliphatic carbocycles. The third-order valence-electron chi connectivity index (χ3n) is 3.59. The predicted octanol–water partition coefficient (Wildman–Crippen LogP) is 1.86. The largest absolute Gasteiger partial charge is 0.369 e. The molecule has 1 amide bonds. The highest BCUT2D eigenvalue weighted by atomic mass is 35.5. The predicted molar refractivity (Wildman–Crippen MR) is 75.9 cm³/mol. The van der Waals surface area contributed by atoms with E-state index in [0.717, 1.165) is 0 Å². The highest BCUT2D eigenvalue weighted by Crippen LogP contribution is 2.26. The number of carbonyl (C=O) groups is 1. The molecule has 1 fully saturated rings. The normalized spacial score (nSPS) is 19.7. The van der Waals surface area contributed by atoms with Crippen molar-refractivity contribution in [2.24, 2.45) is 11.7 Å². The maximum Gasteiger partial charge on any atom is 0.249 e. The summed E-state index contributed by atoms with van der Waals surface area (Å²) in [5, 5.41) is 3.03. The summed E-state index contributed by atoms with van der Waals surface area (Å²) >= 11 is 0. The van der Waals surface area contributed by atoms with Crippen LogP contribution in [0.4, 0.5) is 0 Å². The zero-order chi connectivity index (χ0) is 12.7. The van der Waals surface area contributed by atoms with Crippen molar-refractivity contribution in [1.82, 2.24) is 5.32 Å². The molecule has 0 radical (unpaired) electrons. The van der Waals surface area contributed by atoms with Crippen molar-refractivity contribution in [1.29, 1.82) is 0 Å². The lowest BCUT2D eigenvalue weighted by Gasteiger charge is -2.30. The topological polar surface area (TPSA) is 64.3 Å². The van der Waals surface area contributed by atoms with E-state index in [1.165, 1.54) is 32.1 Å². The van der Waals surface area contributed by atoms with Crippen molar-refractivity contribution in [3.8, 4) is 0 Å². The molecule has 108 valence electrons. The van der Waals surface area contributed by atoms with Gasteiger partial charge in [0.05, 0.1) is 0 Å². The summed E-state index contributed by atoms with van der Waals surface area (Å²) in [5.41, 5.74) is 5.77. The van der Waals surface area contributed by atoms with Crippen LogP contribution in [0.2, 0.25) is 0 Å². The van der Waals surface area contributed by atoms with Gasteiger partial charge >= 0.3 is 0 Å². The maximum atomic E-state index is 11.9. The summed E-state index contributed by atoms with van der Waals surface area (Å²) in [4.78, 5) is 11.9. The zero-order valence-corrected chi connectivity index (χ0v) is 12.3. The van der Waals surface area contributed by atoms with E-state index in [9.17, 15) is 4.79 Å². The summed E-state index contributed by atoms with van der Waals surface area (Å²) in [7, 11) is 0. The maximum absolute atomic E-state index is 11.9. The van der Waals surface area contributed by atoms with E-state index in [4.69, 9.17) is 10.5 Å².